The van der Waals surface area contributed by atoms with E-state index in [-0.39, 0.29) is 41.0 Å². The highest BCUT2D eigenvalue weighted by molar-refractivity contribution is 6.31. The van der Waals surface area contributed by atoms with Crippen LogP contribution in [0.25, 0.3) is 0 Å². The van der Waals surface area contributed by atoms with Crippen molar-refractivity contribution in [2.24, 2.45) is 5.92 Å². The molecule has 1 aliphatic heterocycles. The average molecular weight is 604 g/mol. The van der Waals surface area contributed by atoms with Gasteiger partial charge in [-0.15, -0.1) is 0 Å². The Bertz CT molecular complexity index is 1460. The molecule has 2 amide bonds. The summed E-state index contributed by atoms with van der Waals surface area (Å²) in [4.78, 5) is 36.8. The van der Waals surface area contributed by atoms with Gasteiger partial charge in [0.2, 0.25) is 11.8 Å². The molecule has 15 heteroatoms. The van der Waals surface area contributed by atoms with Gasteiger partial charge in [-0.05, 0) is 55.8 Å². The summed E-state index contributed by atoms with van der Waals surface area (Å²) in [5.74, 6) is -3.47. The van der Waals surface area contributed by atoms with E-state index in [9.17, 15) is 40.3 Å². The molecular formula is C26H21ClF7N5O2. The molecule has 1 saturated heterocycles. The number of halogens is 8. The molecule has 3 heterocycles. The SMILES string of the molecule is Cc1cc(C(F)(F)F)cc(N2C[C@@H](C(=O)Nc3ccc(C(F)(F)F)cn3)C[C@H]2C(=O)N(C)c2ccc(F)c(Cl)c2)n1. The number of anilines is 3. The summed E-state index contributed by atoms with van der Waals surface area (Å²) in [6, 6.07) is 5.62. The van der Waals surface area contributed by atoms with Crippen LogP contribution in [-0.2, 0) is 21.9 Å². The predicted molar refractivity (Wildman–Crippen MR) is 136 cm³/mol. The van der Waals surface area contributed by atoms with Crippen LogP contribution in [0.2, 0.25) is 5.02 Å². The lowest BCUT2D eigenvalue weighted by molar-refractivity contribution is -0.138. The van der Waals surface area contributed by atoms with Crippen LogP contribution in [0.3, 0.4) is 0 Å². The van der Waals surface area contributed by atoms with E-state index in [0.29, 0.717) is 6.20 Å². The van der Waals surface area contributed by atoms with E-state index in [1.54, 1.807) is 0 Å². The molecule has 41 heavy (non-hydrogen) atoms. The van der Waals surface area contributed by atoms with Crippen LogP contribution in [0, 0.1) is 18.7 Å². The number of amides is 2. The normalized spacial score (nSPS) is 17.5. The number of alkyl halides is 6. The first-order chi connectivity index (χ1) is 19.0. The molecule has 1 aromatic carbocycles. The van der Waals surface area contributed by atoms with Gasteiger partial charge in [0.1, 0.15) is 23.5 Å². The van der Waals surface area contributed by atoms with Crippen LogP contribution in [-0.4, -0.2) is 41.4 Å². The number of carbonyl (C=O) groups excluding carboxylic acids is 2. The first kappa shape index (κ1) is 30.0. The number of hydrogen-bond donors (Lipinski definition) is 1. The lowest BCUT2D eigenvalue weighted by Gasteiger charge is -2.29. The number of nitrogens with one attached hydrogen (secondary N) is 1. The second-order valence-electron chi connectivity index (χ2n) is 9.37. The average Bonchev–Trinajstić information content (AvgIpc) is 3.34. The van der Waals surface area contributed by atoms with Crippen molar-refractivity contribution in [1.82, 2.24) is 9.97 Å². The van der Waals surface area contributed by atoms with Crippen molar-refractivity contribution in [2.45, 2.75) is 31.7 Å². The van der Waals surface area contributed by atoms with E-state index in [2.05, 4.69) is 15.3 Å². The van der Waals surface area contributed by atoms with Gasteiger partial charge in [0.15, 0.2) is 0 Å². The quantitative estimate of drug-likeness (QED) is 0.356. The summed E-state index contributed by atoms with van der Waals surface area (Å²) in [5.41, 5.74) is -1.83. The molecule has 3 aromatic rings. The van der Waals surface area contributed by atoms with Crippen molar-refractivity contribution < 1.29 is 40.3 Å². The highest BCUT2D eigenvalue weighted by Crippen LogP contribution is 2.36. The fourth-order valence-corrected chi connectivity index (χ4v) is 4.56. The zero-order valence-electron chi connectivity index (χ0n) is 21.3. The van der Waals surface area contributed by atoms with Crippen LogP contribution in [0.5, 0.6) is 0 Å². The van der Waals surface area contributed by atoms with Crippen molar-refractivity contribution in [2.75, 3.05) is 28.7 Å². The number of aromatic nitrogens is 2. The molecule has 0 bridgehead atoms. The standard InChI is InChI=1S/C26H21ClF7N5O2/c1-13-7-16(26(32,33)34)9-22(36-13)39-12-14(23(40)37-21-6-3-15(11-35-21)25(29,30)31)8-20(39)24(41)38(2)17-4-5-19(28)18(27)10-17/h3-7,9-11,14,20H,8,12H2,1-2H3,(H,35,37,40)/t14-,20-/m0/s1. The number of benzene rings is 1. The van der Waals surface area contributed by atoms with Crippen molar-refractivity contribution in [1.29, 1.82) is 0 Å². The van der Waals surface area contributed by atoms with E-state index >= 15 is 0 Å². The zero-order chi connectivity index (χ0) is 30.3. The van der Waals surface area contributed by atoms with Gasteiger partial charge >= 0.3 is 12.4 Å². The van der Waals surface area contributed by atoms with Gasteiger partial charge in [-0.3, -0.25) is 9.59 Å². The molecule has 2 atom stereocenters. The molecule has 0 unspecified atom stereocenters. The van der Waals surface area contributed by atoms with Gasteiger partial charge in [-0.1, -0.05) is 11.6 Å². The van der Waals surface area contributed by atoms with E-state index in [1.165, 1.54) is 31.0 Å². The Hall–Kier alpha value is -3.94. The van der Waals surface area contributed by atoms with Gasteiger partial charge in [0.05, 0.1) is 22.1 Å². The van der Waals surface area contributed by atoms with E-state index in [1.807, 2.05) is 0 Å². The molecule has 0 spiro atoms. The summed E-state index contributed by atoms with van der Waals surface area (Å²) in [6.45, 7) is 1.10. The van der Waals surface area contributed by atoms with Crippen molar-refractivity contribution in [3.63, 3.8) is 0 Å². The summed E-state index contributed by atoms with van der Waals surface area (Å²) in [6.07, 6.45) is -8.98. The molecule has 0 radical (unpaired) electrons. The lowest BCUT2D eigenvalue weighted by atomic mass is 10.0. The summed E-state index contributed by atoms with van der Waals surface area (Å²) >= 11 is 5.84. The second kappa shape index (κ2) is 11.1. The minimum atomic E-state index is -4.71. The van der Waals surface area contributed by atoms with Gasteiger partial charge in [0, 0.05) is 31.2 Å². The number of rotatable bonds is 5. The Morgan fingerprint density at radius 3 is 2.29 bits per heavy atom. The second-order valence-corrected chi connectivity index (χ2v) is 9.78. The van der Waals surface area contributed by atoms with Crippen LogP contribution >= 0.6 is 11.6 Å². The van der Waals surface area contributed by atoms with Gasteiger partial charge in [0.25, 0.3) is 0 Å². The maximum atomic E-state index is 13.7. The summed E-state index contributed by atoms with van der Waals surface area (Å²) in [7, 11) is 1.36. The molecule has 0 saturated carbocycles. The number of likely N-dealkylation sites (N-methyl/N-ethyl adjacent to an activating group) is 1. The smallest absolute Gasteiger partial charge is 0.344 e. The molecule has 218 valence electrons. The molecule has 1 fully saturated rings. The van der Waals surface area contributed by atoms with Crippen LogP contribution in [0.1, 0.15) is 23.2 Å². The minimum Gasteiger partial charge on any atom is -0.344 e. The van der Waals surface area contributed by atoms with Crippen LogP contribution in [0.15, 0.2) is 48.7 Å². The molecule has 2 aromatic heterocycles. The van der Waals surface area contributed by atoms with Gasteiger partial charge in [-0.25, -0.2) is 14.4 Å². The Morgan fingerprint density at radius 1 is 1.02 bits per heavy atom. The Kier molecular flexibility index (Phi) is 8.16. The van der Waals surface area contributed by atoms with Gasteiger partial charge in [-0.2, -0.15) is 26.3 Å². The third-order valence-electron chi connectivity index (χ3n) is 6.48. The third-order valence-corrected chi connectivity index (χ3v) is 6.77. The number of pyridine rings is 2. The Labute approximate surface area is 233 Å². The van der Waals surface area contributed by atoms with E-state index in [4.69, 9.17) is 11.6 Å². The summed E-state index contributed by atoms with van der Waals surface area (Å²) in [5, 5.41) is 2.13. The monoisotopic (exact) mass is 603 g/mol. The largest absolute Gasteiger partial charge is 0.417 e. The Morgan fingerprint density at radius 2 is 1.71 bits per heavy atom. The maximum absolute atomic E-state index is 13.7. The number of nitrogens with zero attached hydrogens (tertiary/aromatic N) is 4. The highest BCUT2D eigenvalue weighted by Gasteiger charge is 2.43. The zero-order valence-corrected chi connectivity index (χ0v) is 22.1. The first-order valence-electron chi connectivity index (χ1n) is 11.9. The van der Waals surface area contributed by atoms with Gasteiger partial charge < -0.3 is 15.1 Å². The molecule has 7 nitrogen and oxygen atoms in total. The van der Waals surface area contributed by atoms with Crippen molar-refractivity contribution in [3.8, 4) is 0 Å². The van der Waals surface area contributed by atoms with E-state index < -0.39 is 53.1 Å². The molecular weight excluding hydrogens is 583 g/mol. The van der Waals surface area contributed by atoms with Crippen LogP contribution in [0.4, 0.5) is 48.1 Å². The fraction of sp³-hybridized carbons (Fsp3) is 0.308. The van der Waals surface area contributed by atoms with Crippen molar-refractivity contribution >= 4 is 40.7 Å². The number of carbonyl (C=O) groups is 2. The number of hydrogen-bond acceptors (Lipinski definition) is 5. The van der Waals surface area contributed by atoms with Crippen LogP contribution < -0.4 is 15.1 Å². The lowest BCUT2D eigenvalue weighted by Crippen LogP contribution is -2.44. The maximum Gasteiger partial charge on any atom is 0.417 e. The molecule has 4 rings (SSSR count). The Balaban J connectivity index is 1.65. The first-order valence-corrected chi connectivity index (χ1v) is 12.3. The summed E-state index contributed by atoms with van der Waals surface area (Å²) < 4.78 is 92.9. The topological polar surface area (TPSA) is 78.4 Å². The minimum absolute atomic E-state index is 0.0153. The number of aryl methyl sites for hydroxylation is 1. The molecule has 1 N–H and O–H groups in total. The predicted octanol–water partition coefficient (Wildman–Crippen LogP) is 6.11. The fourth-order valence-electron chi connectivity index (χ4n) is 4.38. The molecule has 0 aliphatic carbocycles. The van der Waals surface area contributed by atoms with Crippen molar-refractivity contribution in [3.05, 3.63) is 76.3 Å². The van der Waals surface area contributed by atoms with E-state index in [0.717, 1.165) is 35.2 Å². The highest BCUT2D eigenvalue weighted by atomic mass is 35.5. The molecule has 1 aliphatic rings. The third kappa shape index (κ3) is 6.69.